The van der Waals surface area contributed by atoms with Gasteiger partial charge in [0, 0.05) is 24.7 Å². The zero-order valence-electron chi connectivity index (χ0n) is 12.3. The molecule has 3 heterocycles. The zero-order chi connectivity index (χ0) is 15.9. The van der Waals surface area contributed by atoms with Crippen molar-refractivity contribution < 1.29 is 13.8 Å². The Morgan fingerprint density at radius 1 is 1.35 bits per heavy atom. The molecule has 23 heavy (non-hydrogen) atoms. The molecule has 0 aliphatic rings. The van der Waals surface area contributed by atoms with Gasteiger partial charge in [0.2, 0.25) is 0 Å². The molecule has 0 spiro atoms. The van der Waals surface area contributed by atoms with Gasteiger partial charge in [0.1, 0.15) is 6.26 Å². The normalized spacial score (nSPS) is 10.8. The molecule has 0 aliphatic carbocycles. The number of carbonyl (C=O) groups is 1. The first-order chi connectivity index (χ1) is 11.3. The van der Waals surface area contributed by atoms with Crippen LogP contribution in [0.25, 0.3) is 10.6 Å². The van der Waals surface area contributed by atoms with E-state index in [4.69, 9.17) is 9.05 Å². The maximum atomic E-state index is 12.0. The van der Waals surface area contributed by atoms with Crippen LogP contribution in [0.15, 0.2) is 45.1 Å². The standard InChI is InChI=1S/C15H16N4O3S/c20-15(12-7-13(22-19-12)14-3-1-6-23-14)17-5-2-4-16-8-11-9-18-21-10-11/h1,3,6-7,9-10,16H,2,4-5,8H2,(H,17,20). The number of nitrogens with zero attached hydrogens (tertiary/aromatic N) is 2. The summed E-state index contributed by atoms with van der Waals surface area (Å²) in [5.41, 5.74) is 1.29. The average Bonchev–Trinajstić information content (AvgIpc) is 3.32. The molecule has 0 fully saturated rings. The lowest BCUT2D eigenvalue weighted by molar-refractivity contribution is 0.0944. The molecule has 0 aliphatic heterocycles. The molecular formula is C15H16N4O3S. The van der Waals surface area contributed by atoms with Gasteiger partial charge in [-0.1, -0.05) is 16.4 Å². The van der Waals surface area contributed by atoms with Crippen molar-refractivity contribution in [3.05, 3.63) is 47.3 Å². The molecule has 120 valence electrons. The summed E-state index contributed by atoms with van der Waals surface area (Å²) < 4.78 is 9.93. The van der Waals surface area contributed by atoms with Gasteiger partial charge >= 0.3 is 0 Å². The molecule has 0 saturated carbocycles. The molecule has 0 saturated heterocycles. The second kappa shape index (κ2) is 7.70. The van der Waals surface area contributed by atoms with Crippen LogP contribution in [0.5, 0.6) is 0 Å². The Morgan fingerprint density at radius 3 is 3.09 bits per heavy atom. The van der Waals surface area contributed by atoms with Crippen LogP contribution < -0.4 is 10.6 Å². The van der Waals surface area contributed by atoms with E-state index in [9.17, 15) is 4.79 Å². The van der Waals surface area contributed by atoms with Crippen molar-refractivity contribution in [1.29, 1.82) is 0 Å². The van der Waals surface area contributed by atoms with E-state index in [-0.39, 0.29) is 5.91 Å². The fraction of sp³-hybridized carbons (Fsp3) is 0.267. The van der Waals surface area contributed by atoms with Crippen LogP contribution in [0.3, 0.4) is 0 Å². The zero-order valence-corrected chi connectivity index (χ0v) is 13.1. The van der Waals surface area contributed by atoms with Crippen LogP contribution in [0.1, 0.15) is 22.5 Å². The van der Waals surface area contributed by atoms with Gasteiger partial charge in [0.05, 0.1) is 11.1 Å². The number of aromatic nitrogens is 2. The fourth-order valence-corrected chi connectivity index (χ4v) is 2.64. The van der Waals surface area contributed by atoms with Crippen molar-refractivity contribution in [2.45, 2.75) is 13.0 Å². The third kappa shape index (κ3) is 4.27. The fourth-order valence-electron chi connectivity index (χ4n) is 1.97. The SMILES string of the molecule is O=C(NCCCNCc1cnoc1)c1cc(-c2cccs2)on1. The van der Waals surface area contributed by atoms with Gasteiger partial charge < -0.3 is 19.7 Å². The molecular weight excluding hydrogens is 316 g/mol. The van der Waals surface area contributed by atoms with Gasteiger partial charge in [-0.2, -0.15) is 0 Å². The Kier molecular flexibility index (Phi) is 5.17. The summed E-state index contributed by atoms with van der Waals surface area (Å²) in [6.07, 6.45) is 4.09. The quantitative estimate of drug-likeness (QED) is 0.615. The third-order valence-corrected chi connectivity index (χ3v) is 4.02. The number of carbonyl (C=O) groups excluding carboxylic acids is 1. The van der Waals surface area contributed by atoms with Gasteiger partial charge in [-0.25, -0.2) is 0 Å². The van der Waals surface area contributed by atoms with Gasteiger partial charge in [0.25, 0.3) is 5.91 Å². The van der Waals surface area contributed by atoms with Crippen LogP contribution in [-0.4, -0.2) is 29.3 Å². The molecule has 0 radical (unpaired) electrons. The number of nitrogens with one attached hydrogen (secondary N) is 2. The van der Waals surface area contributed by atoms with Crippen molar-refractivity contribution in [2.24, 2.45) is 0 Å². The second-order valence-electron chi connectivity index (χ2n) is 4.87. The molecule has 3 aromatic heterocycles. The number of hydrogen-bond acceptors (Lipinski definition) is 7. The molecule has 7 nitrogen and oxygen atoms in total. The summed E-state index contributed by atoms with van der Waals surface area (Å²) in [7, 11) is 0. The van der Waals surface area contributed by atoms with E-state index in [1.165, 1.54) is 0 Å². The smallest absolute Gasteiger partial charge is 0.273 e. The Labute approximate surface area is 136 Å². The van der Waals surface area contributed by atoms with Crippen LogP contribution >= 0.6 is 11.3 Å². The summed E-state index contributed by atoms with van der Waals surface area (Å²) in [6.45, 7) is 2.05. The maximum absolute atomic E-state index is 12.0. The number of thiophene rings is 1. The molecule has 1 amide bonds. The topological polar surface area (TPSA) is 93.2 Å². The predicted molar refractivity (Wildman–Crippen MR) is 85.0 cm³/mol. The summed E-state index contributed by atoms with van der Waals surface area (Å²) in [5.74, 6) is 0.385. The molecule has 0 aromatic carbocycles. The molecule has 8 heteroatoms. The average molecular weight is 332 g/mol. The lowest BCUT2D eigenvalue weighted by Gasteiger charge is -2.04. The predicted octanol–water partition coefficient (Wildman–Crippen LogP) is 2.30. The van der Waals surface area contributed by atoms with E-state index in [1.54, 1.807) is 29.9 Å². The maximum Gasteiger partial charge on any atom is 0.273 e. The van der Waals surface area contributed by atoms with Crippen LogP contribution in [-0.2, 0) is 6.54 Å². The number of rotatable bonds is 8. The first-order valence-electron chi connectivity index (χ1n) is 7.20. The Hall–Kier alpha value is -2.45. The minimum absolute atomic E-state index is 0.226. The highest BCUT2D eigenvalue weighted by atomic mass is 32.1. The Balaban J connectivity index is 1.36. The van der Waals surface area contributed by atoms with Gasteiger partial charge in [-0.05, 0) is 24.4 Å². The molecule has 3 aromatic rings. The highest BCUT2D eigenvalue weighted by molar-refractivity contribution is 7.13. The summed E-state index contributed by atoms with van der Waals surface area (Å²) in [5, 5.41) is 15.4. The van der Waals surface area contributed by atoms with Crippen molar-refractivity contribution in [1.82, 2.24) is 20.9 Å². The van der Waals surface area contributed by atoms with E-state index in [2.05, 4.69) is 20.9 Å². The monoisotopic (exact) mass is 332 g/mol. The van der Waals surface area contributed by atoms with Crippen molar-refractivity contribution >= 4 is 17.2 Å². The lowest BCUT2D eigenvalue weighted by Crippen LogP contribution is -2.27. The summed E-state index contributed by atoms with van der Waals surface area (Å²) in [4.78, 5) is 12.9. The van der Waals surface area contributed by atoms with Gasteiger partial charge in [-0.15, -0.1) is 11.3 Å². The summed E-state index contributed by atoms with van der Waals surface area (Å²) >= 11 is 1.54. The third-order valence-electron chi connectivity index (χ3n) is 3.14. The van der Waals surface area contributed by atoms with E-state index in [0.29, 0.717) is 24.5 Å². The van der Waals surface area contributed by atoms with E-state index >= 15 is 0 Å². The van der Waals surface area contributed by atoms with Gasteiger partial charge in [0.15, 0.2) is 11.5 Å². The number of amides is 1. The van der Waals surface area contributed by atoms with Crippen LogP contribution in [0.4, 0.5) is 0 Å². The molecule has 0 unspecified atom stereocenters. The minimum atomic E-state index is -0.226. The van der Waals surface area contributed by atoms with Crippen LogP contribution in [0.2, 0.25) is 0 Å². The molecule has 2 N–H and O–H groups in total. The molecule has 0 atom stereocenters. The first-order valence-corrected chi connectivity index (χ1v) is 8.08. The number of hydrogen-bond donors (Lipinski definition) is 2. The minimum Gasteiger partial charge on any atom is -0.364 e. The van der Waals surface area contributed by atoms with Crippen molar-refractivity contribution in [3.8, 4) is 10.6 Å². The van der Waals surface area contributed by atoms with Gasteiger partial charge in [-0.3, -0.25) is 4.79 Å². The van der Waals surface area contributed by atoms with E-state index in [1.807, 2.05) is 17.5 Å². The first kappa shape index (κ1) is 15.4. The highest BCUT2D eigenvalue weighted by Crippen LogP contribution is 2.24. The van der Waals surface area contributed by atoms with E-state index < -0.39 is 0 Å². The largest absolute Gasteiger partial charge is 0.364 e. The molecule has 3 rings (SSSR count). The lowest BCUT2D eigenvalue weighted by atomic mass is 10.3. The Bertz CT molecular complexity index is 722. The highest BCUT2D eigenvalue weighted by Gasteiger charge is 2.13. The Morgan fingerprint density at radius 2 is 2.30 bits per heavy atom. The molecule has 0 bridgehead atoms. The van der Waals surface area contributed by atoms with E-state index in [0.717, 1.165) is 23.4 Å². The van der Waals surface area contributed by atoms with Crippen molar-refractivity contribution in [3.63, 3.8) is 0 Å². The summed E-state index contributed by atoms with van der Waals surface area (Å²) in [6, 6.07) is 5.51. The van der Waals surface area contributed by atoms with Crippen LogP contribution in [0, 0.1) is 0 Å². The van der Waals surface area contributed by atoms with Crippen molar-refractivity contribution in [2.75, 3.05) is 13.1 Å². The second-order valence-corrected chi connectivity index (χ2v) is 5.82.